The van der Waals surface area contributed by atoms with Crippen molar-refractivity contribution in [3.8, 4) is 0 Å². The molecule has 4 heterocycles. The van der Waals surface area contributed by atoms with E-state index >= 15 is 0 Å². The number of rotatable bonds is 4. The number of pyridine rings is 1. The average molecular weight is 406 g/mol. The number of anilines is 2. The summed E-state index contributed by atoms with van der Waals surface area (Å²) < 4.78 is 0.651. The molecule has 0 aliphatic carbocycles. The standard InChI is InChI=1S/C19H24ClN5OS/c20-16-12-22-19(27-16)24-17-6-3-5-14(23-17)13-7-10-25(11-8-13)18(26)15-4-1-2-9-21-15/h3,5-6,12-13,15,21H,1-2,4,7-11H2,(H,22,23,24)/t15-/m0/s1. The van der Waals surface area contributed by atoms with Gasteiger partial charge in [0.1, 0.15) is 10.2 Å². The number of likely N-dealkylation sites (tertiary alicyclic amines) is 1. The Morgan fingerprint density at radius 3 is 2.81 bits per heavy atom. The lowest BCUT2D eigenvalue weighted by Gasteiger charge is -2.35. The summed E-state index contributed by atoms with van der Waals surface area (Å²) in [5.41, 5.74) is 1.07. The Morgan fingerprint density at radius 2 is 2.11 bits per heavy atom. The van der Waals surface area contributed by atoms with Crippen LogP contribution in [0.2, 0.25) is 4.34 Å². The molecule has 1 atom stereocenters. The second kappa shape index (κ2) is 8.54. The van der Waals surface area contributed by atoms with Gasteiger partial charge in [0, 0.05) is 24.7 Å². The summed E-state index contributed by atoms with van der Waals surface area (Å²) in [5.74, 6) is 1.44. The molecule has 0 spiro atoms. The number of carbonyl (C=O) groups excluding carboxylic acids is 1. The van der Waals surface area contributed by atoms with E-state index in [1.807, 2.05) is 17.0 Å². The number of halogens is 1. The zero-order chi connectivity index (χ0) is 18.6. The first-order valence-electron chi connectivity index (χ1n) is 9.56. The molecule has 6 nitrogen and oxygen atoms in total. The van der Waals surface area contributed by atoms with Gasteiger partial charge in [-0.25, -0.2) is 9.97 Å². The van der Waals surface area contributed by atoms with E-state index in [1.54, 1.807) is 6.20 Å². The molecule has 2 N–H and O–H groups in total. The molecule has 2 aliphatic heterocycles. The molecule has 0 radical (unpaired) electrons. The number of carbonyl (C=O) groups is 1. The number of nitrogens with zero attached hydrogens (tertiary/aromatic N) is 3. The van der Waals surface area contributed by atoms with Crippen LogP contribution in [0.3, 0.4) is 0 Å². The average Bonchev–Trinajstić information content (AvgIpc) is 3.13. The molecule has 2 aromatic rings. The predicted molar refractivity (Wildman–Crippen MR) is 109 cm³/mol. The van der Waals surface area contributed by atoms with Gasteiger partial charge in [0.15, 0.2) is 5.13 Å². The molecular weight excluding hydrogens is 382 g/mol. The van der Waals surface area contributed by atoms with Crippen molar-refractivity contribution in [2.75, 3.05) is 25.0 Å². The van der Waals surface area contributed by atoms with Crippen molar-refractivity contribution in [1.82, 2.24) is 20.2 Å². The molecule has 144 valence electrons. The SMILES string of the molecule is O=C([C@@H]1CCCCN1)N1CCC(c2cccc(Nc3ncc(Cl)s3)n2)CC1. The first-order chi connectivity index (χ1) is 13.2. The van der Waals surface area contributed by atoms with Gasteiger partial charge in [-0.2, -0.15) is 0 Å². The fraction of sp³-hybridized carbons (Fsp3) is 0.526. The van der Waals surface area contributed by atoms with Crippen LogP contribution in [0.25, 0.3) is 0 Å². The summed E-state index contributed by atoms with van der Waals surface area (Å²) in [7, 11) is 0. The van der Waals surface area contributed by atoms with Gasteiger partial charge in [-0.3, -0.25) is 4.79 Å². The number of piperidine rings is 2. The number of hydrogen-bond donors (Lipinski definition) is 2. The molecule has 2 fully saturated rings. The fourth-order valence-electron chi connectivity index (χ4n) is 3.85. The highest BCUT2D eigenvalue weighted by Crippen LogP contribution is 2.30. The molecule has 0 bridgehead atoms. The van der Waals surface area contributed by atoms with E-state index < -0.39 is 0 Å². The second-order valence-electron chi connectivity index (χ2n) is 7.14. The van der Waals surface area contributed by atoms with E-state index in [4.69, 9.17) is 16.6 Å². The molecule has 4 rings (SSSR count). The number of thiazole rings is 1. The van der Waals surface area contributed by atoms with E-state index in [0.717, 1.165) is 62.0 Å². The predicted octanol–water partition coefficient (Wildman–Crippen LogP) is 3.78. The maximum atomic E-state index is 12.7. The van der Waals surface area contributed by atoms with E-state index in [0.29, 0.717) is 10.3 Å². The molecule has 2 saturated heterocycles. The Hall–Kier alpha value is -1.70. The second-order valence-corrected chi connectivity index (χ2v) is 8.81. The van der Waals surface area contributed by atoms with Gasteiger partial charge in [0.25, 0.3) is 0 Å². The van der Waals surface area contributed by atoms with E-state index in [-0.39, 0.29) is 11.9 Å². The number of amides is 1. The van der Waals surface area contributed by atoms with E-state index in [9.17, 15) is 4.79 Å². The quantitative estimate of drug-likeness (QED) is 0.809. The van der Waals surface area contributed by atoms with E-state index in [1.165, 1.54) is 17.8 Å². The van der Waals surface area contributed by atoms with Gasteiger partial charge in [0.2, 0.25) is 5.91 Å². The molecular formula is C19H24ClN5OS. The Bertz CT molecular complexity index is 784. The van der Waals surface area contributed by atoms with Crippen molar-refractivity contribution >= 4 is 39.8 Å². The Morgan fingerprint density at radius 1 is 1.26 bits per heavy atom. The molecule has 1 amide bonds. The van der Waals surface area contributed by atoms with Crippen molar-refractivity contribution in [2.45, 2.75) is 44.1 Å². The molecule has 0 aromatic carbocycles. The highest BCUT2D eigenvalue weighted by Gasteiger charge is 2.29. The molecule has 0 unspecified atom stereocenters. The van der Waals surface area contributed by atoms with Gasteiger partial charge in [0.05, 0.1) is 12.2 Å². The summed E-state index contributed by atoms with van der Waals surface area (Å²) >= 11 is 7.33. The molecule has 27 heavy (non-hydrogen) atoms. The van der Waals surface area contributed by atoms with Gasteiger partial charge in [-0.1, -0.05) is 35.4 Å². The van der Waals surface area contributed by atoms with Crippen LogP contribution in [0, 0.1) is 0 Å². The third kappa shape index (κ3) is 4.59. The van der Waals surface area contributed by atoms with Gasteiger partial charge >= 0.3 is 0 Å². The number of hydrogen-bond acceptors (Lipinski definition) is 6. The van der Waals surface area contributed by atoms with Crippen LogP contribution in [0.4, 0.5) is 10.9 Å². The van der Waals surface area contributed by atoms with E-state index in [2.05, 4.69) is 21.7 Å². The van der Waals surface area contributed by atoms with Crippen molar-refractivity contribution in [3.63, 3.8) is 0 Å². The smallest absolute Gasteiger partial charge is 0.239 e. The Kier molecular flexibility index (Phi) is 5.90. The summed E-state index contributed by atoms with van der Waals surface area (Å²) in [4.78, 5) is 23.7. The minimum absolute atomic E-state index is 0.0195. The summed E-state index contributed by atoms with van der Waals surface area (Å²) in [6.07, 6.45) is 6.83. The highest BCUT2D eigenvalue weighted by atomic mass is 35.5. The first kappa shape index (κ1) is 18.7. The van der Waals surface area contributed by atoms with Crippen LogP contribution < -0.4 is 10.6 Å². The lowest BCUT2D eigenvalue weighted by Crippen LogP contribution is -2.50. The molecule has 2 aliphatic rings. The Labute approximate surface area is 168 Å². The van der Waals surface area contributed by atoms with Crippen LogP contribution in [0.1, 0.15) is 43.7 Å². The normalized spacial score (nSPS) is 21.2. The van der Waals surface area contributed by atoms with Crippen molar-refractivity contribution in [2.24, 2.45) is 0 Å². The lowest BCUT2D eigenvalue weighted by atomic mass is 9.92. The maximum absolute atomic E-state index is 12.7. The van der Waals surface area contributed by atoms with Crippen LogP contribution in [-0.4, -0.2) is 46.5 Å². The fourth-order valence-corrected chi connectivity index (χ4v) is 4.67. The zero-order valence-corrected chi connectivity index (χ0v) is 16.7. The van der Waals surface area contributed by atoms with Crippen LogP contribution >= 0.6 is 22.9 Å². The number of nitrogens with one attached hydrogen (secondary N) is 2. The zero-order valence-electron chi connectivity index (χ0n) is 15.2. The third-order valence-electron chi connectivity index (χ3n) is 5.32. The minimum atomic E-state index is 0.0195. The monoisotopic (exact) mass is 405 g/mol. The maximum Gasteiger partial charge on any atom is 0.239 e. The topological polar surface area (TPSA) is 70.2 Å². The first-order valence-corrected chi connectivity index (χ1v) is 10.8. The van der Waals surface area contributed by atoms with Crippen molar-refractivity contribution in [3.05, 3.63) is 34.4 Å². The van der Waals surface area contributed by atoms with Crippen molar-refractivity contribution in [1.29, 1.82) is 0 Å². The summed E-state index contributed by atoms with van der Waals surface area (Å²) in [6.45, 7) is 2.58. The lowest BCUT2D eigenvalue weighted by molar-refractivity contribution is -0.135. The minimum Gasteiger partial charge on any atom is -0.341 e. The molecule has 0 saturated carbocycles. The summed E-state index contributed by atoms with van der Waals surface area (Å²) in [5, 5.41) is 7.32. The van der Waals surface area contributed by atoms with Crippen LogP contribution in [0.5, 0.6) is 0 Å². The van der Waals surface area contributed by atoms with Crippen LogP contribution in [0.15, 0.2) is 24.4 Å². The van der Waals surface area contributed by atoms with Gasteiger partial charge in [-0.05, 0) is 44.4 Å². The van der Waals surface area contributed by atoms with Gasteiger partial charge in [-0.15, -0.1) is 0 Å². The highest BCUT2D eigenvalue weighted by molar-refractivity contribution is 7.19. The molecule has 8 heteroatoms. The summed E-state index contributed by atoms with van der Waals surface area (Å²) in [6, 6.07) is 6.05. The molecule has 2 aromatic heterocycles. The number of aromatic nitrogens is 2. The third-order valence-corrected chi connectivity index (χ3v) is 6.35. The van der Waals surface area contributed by atoms with Crippen LogP contribution in [-0.2, 0) is 4.79 Å². The van der Waals surface area contributed by atoms with Gasteiger partial charge < -0.3 is 15.5 Å². The Balaban J connectivity index is 1.35. The van der Waals surface area contributed by atoms with Crippen molar-refractivity contribution < 1.29 is 4.79 Å². The largest absolute Gasteiger partial charge is 0.341 e.